The van der Waals surface area contributed by atoms with Crippen LogP contribution in [0.3, 0.4) is 0 Å². The highest BCUT2D eigenvalue weighted by Gasteiger charge is 1.97. The van der Waals surface area contributed by atoms with E-state index in [2.05, 4.69) is 17.6 Å². The fraction of sp³-hybridized carbons (Fsp3) is 0.933. The molecule has 0 radical (unpaired) electrons. The molecular weight excluding hydrogens is 240 g/mol. The molecule has 0 heterocycles. The Hall–Kier alpha value is -0.770. The van der Waals surface area contributed by atoms with Gasteiger partial charge in [0.1, 0.15) is 0 Å². The van der Waals surface area contributed by atoms with E-state index < -0.39 is 0 Å². The first-order valence-corrected chi connectivity index (χ1v) is 7.93. The number of carbonyl (C=O) groups excluding carboxylic acids is 1. The zero-order chi connectivity index (χ0) is 14.2. The molecule has 0 bridgehead atoms. The van der Waals surface area contributed by atoms with Crippen LogP contribution in [0.2, 0.25) is 0 Å². The van der Waals surface area contributed by atoms with Gasteiger partial charge in [-0.3, -0.25) is 0 Å². The van der Waals surface area contributed by atoms with E-state index in [-0.39, 0.29) is 12.6 Å². The van der Waals surface area contributed by atoms with E-state index in [1.165, 1.54) is 57.8 Å². The molecule has 0 aromatic rings. The summed E-state index contributed by atoms with van der Waals surface area (Å²) < 4.78 is 0. The quantitative estimate of drug-likeness (QED) is 0.451. The zero-order valence-electron chi connectivity index (χ0n) is 12.5. The summed E-state index contributed by atoms with van der Waals surface area (Å²) in [5, 5.41) is 13.9. The molecule has 0 spiro atoms. The number of hydrogen-bond donors (Lipinski definition) is 3. The highest BCUT2D eigenvalue weighted by Crippen LogP contribution is 2.10. The first kappa shape index (κ1) is 18.2. The van der Waals surface area contributed by atoms with Crippen LogP contribution >= 0.6 is 0 Å². The Bertz CT molecular complexity index is 199. The van der Waals surface area contributed by atoms with Crippen molar-refractivity contribution in [2.75, 3.05) is 19.7 Å². The van der Waals surface area contributed by atoms with Crippen molar-refractivity contribution in [3.8, 4) is 0 Å². The molecule has 4 nitrogen and oxygen atoms in total. The van der Waals surface area contributed by atoms with Crippen LogP contribution in [-0.2, 0) is 0 Å². The van der Waals surface area contributed by atoms with Gasteiger partial charge in [-0.25, -0.2) is 4.79 Å². The molecule has 0 aliphatic carbocycles. The zero-order valence-corrected chi connectivity index (χ0v) is 12.5. The first-order valence-electron chi connectivity index (χ1n) is 7.93. The lowest BCUT2D eigenvalue weighted by molar-refractivity contribution is 0.234. The summed E-state index contributed by atoms with van der Waals surface area (Å²) in [6, 6.07) is -0.176. The Morgan fingerprint density at radius 3 is 1.79 bits per heavy atom. The Labute approximate surface area is 118 Å². The largest absolute Gasteiger partial charge is 0.395 e. The highest BCUT2D eigenvalue weighted by molar-refractivity contribution is 5.73. The molecule has 0 aromatic heterocycles. The van der Waals surface area contributed by atoms with Crippen molar-refractivity contribution in [3.63, 3.8) is 0 Å². The maximum atomic E-state index is 11.1. The lowest BCUT2D eigenvalue weighted by Gasteiger charge is -2.06. The number of hydrogen-bond acceptors (Lipinski definition) is 2. The summed E-state index contributed by atoms with van der Waals surface area (Å²) in [7, 11) is 0. The SMILES string of the molecule is CCCCCCCCCCCCNC(=O)NCCO. The minimum Gasteiger partial charge on any atom is -0.395 e. The van der Waals surface area contributed by atoms with E-state index in [0.717, 1.165) is 13.0 Å². The molecule has 0 atom stereocenters. The van der Waals surface area contributed by atoms with Crippen LogP contribution in [0.4, 0.5) is 4.79 Å². The summed E-state index contributed by atoms with van der Waals surface area (Å²) in [6.45, 7) is 3.29. The number of amides is 2. The monoisotopic (exact) mass is 272 g/mol. The molecule has 0 fully saturated rings. The molecule has 0 unspecified atom stereocenters. The predicted octanol–water partition coefficient (Wildman–Crippen LogP) is 3.20. The van der Waals surface area contributed by atoms with Gasteiger partial charge in [-0.05, 0) is 6.42 Å². The Morgan fingerprint density at radius 1 is 0.789 bits per heavy atom. The molecule has 0 saturated heterocycles. The molecule has 0 saturated carbocycles. The van der Waals surface area contributed by atoms with Crippen molar-refractivity contribution >= 4 is 6.03 Å². The van der Waals surface area contributed by atoms with E-state index in [9.17, 15) is 4.79 Å². The van der Waals surface area contributed by atoms with Gasteiger partial charge in [0.15, 0.2) is 0 Å². The topological polar surface area (TPSA) is 61.4 Å². The third kappa shape index (κ3) is 15.2. The van der Waals surface area contributed by atoms with E-state index in [0.29, 0.717) is 6.54 Å². The number of urea groups is 1. The Morgan fingerprint density at radius 2 is 1.26 bits per heavy atom. The number of nitrogens with one attached hydrogen (secondary N) is 2. The molecule has 0 aliphatic rings. The van der Waals surface area contributed by atoms with Crippen LogP contribution in [0.25, 0.3) is 0 Å². The Balaban J connectivity index is 3.04. The fourth-order valence-corrected chi connectivity index (χ4v) is 2.05. The van der Waals surface area contributed by atoms with Crippen LogP contribution in [0.1, 0.15) is 71.1 Å². The van der Waals surface area contributed by atoms with Gasteiger partial charge in [-0.15, -0.1) is 0 Å². The predicted molar refractivity (Wildman–Crippen MR) is 80.3 cm³/mol. The van der Waals surface area contributed by atoms with E-state index in [4.69, 9.17) is 5.11 Å². The molecule has 0 rings (SSSR count). The van der Waals surface area contributed by atoms with Gasteiger partial charge in [-0.2, -0.15) is 0 Å². The van der Waals surface area contributed by atoms with Gasteiger partial charge >= 0.3 is 6.03 Å². The molecule has 0 aliphatic heterocycles. The molecule has 114 valence electrons. The Kier molecular flexibility index (Phi) is 14.7. The van der Waals surface area contributed by atoms with Crippen molar-refractivity contribution in [2.45, 2.75) is 71.1 Å². The second kappa shape index (κ2) is 15.3. The molecule has 2 amide bonds. The van der Waals surface area contributed by atoms with Crippen molar-refractivity contribution in [1.82, 2.24) is 10.6 Å². The van der Waals surface area contributed by atoms with Crippen LogP contribution in [-0.4, -0.2) is 30.8 Å². The van der Waals surface area contributed by atoms with Crippen molar-refractivity contribution in [1.29, 1.82) is 0 Å². The van der Waals surface area contributed by atoms with Crippen LogP contribution in [0.15, 0.2) is 0 Å². The lowest BCUT2D eigenvalue weighted by atomic mass is 10.1. The number of rotatable bonds is 13. The first-order chi connectivity index (χ1) is 9.31. The molecule has 0 aromatic carbocycles. The highest BCUT2D eigenvalue weighted by atomic mass is 16.3. The average molecular weight is 272 g/mol. The van der Waals surface area contributed by atoms with E-state index in [1.807, 2.05) is 0 Å². The van der Waals surface area contributed by atoms with Gasteiger partial charge in [-0.1, -0.05) is 64.7 Å². The van der Waals surface area contributed by atoms with Gasteiger partial charge in [0.05, 0.1) is 6.61 Å². The maximum absolute atomic E-state index is 11.1. The van der Waals surface area contributed by atoms with Crippen molar-refractivity contribution < 1.29 is 9.90 Å². The average Bonchev–Trinajstić information content (AvgIpc) is 2.42. The minimum absolute atomic E-state index is 0.00826. The molecular formula is C15H32N2O2. The number of aliphatic hydroxyl groups excluding tert-OH is 1. The molecule has 19 heavy (non-hydrogen) atoms. The number of unbranched alkanes of at least 4 members (excludes halogenated alkanes) is 9. The van der Waals surface area contributed by atoms with Crippen molar-refractivity contribution in [2.24, 2.45) is 0 Å². The number of carbonyl (C=O) groups is 1. The van der Waals surface area contributed by atoms with Crippen LogP contribution < -0.4 is 10.6 Å². The normalized spacial score (nSPS) is 10.4. The van der Waals surface area contributed by atoms with Gasteiger partial charge in [0.2, 0.25) is 0 Å². The summed E-state index contributed by atoms with van der Waals surface area (Å²) in [5.74, 6) is 0. The molecule has 4 heteroatoms. The second-order valence-corrected chi connectivity index (χ2v) is 5.09. The van der Waals surface area contributed by atoms with Crippen molar-refractivity contribution in [3.05, 3.63) is 0 Å². The fourth-order valence-electron chi connectivity index (χ4n) is 2.05. The van der Waals surface area contributed by atoms with Crippen LogP contribution in [0, 0.1) is 0 Å². The second-order valence-electron chi connectivity index (χ2n) is 5.09. The van der Waals surface area contributed by atoms with E-state index >= 15 is 0 Å². The molecule has 3 N–H and O–H groups in total. The van der Waals surface area contributed by atoms with E-state index in [1.54, 1.807) is 0 Å². The summed E-state index contributed by atoms with van der Waals surface area (Å²) in [5.41, 5.74) is 0. The minimum atomic E-state index is -0.176. The lowest BCUT2D eigenvalue weighted by Crippen LogP contribution is -2.37. The van der Waals surface area contributed by atoms with Gasteiger partial charge in [0.25, 0.3) is 0 Å². The third-order valence-corrected chi connectivity index (χ3v) is 3.21. The van der Waals surface area contributed by atoms with Gasteiger partial charge < -0.3 is 15.7 Å². The summed E-state index contributed by atoms with van der Waals surface area (Å²) >= 11 is 0. The van der Waals surface area contributed by atoms with Gasteiger partial charge in [0, 0.05) is 13.1 Å². The summed E-state index contributed by atoms with van der Waals surface area (Å²) in [6.07, 6.45) is 13.0. The standard InChI is InChI=1S/C15H32N2O2/c1-2-3-4-5-6-7-8-9-10-11-12-16-15(19)17-13-14-18/h18H,2-14H2,1H3,(H2,16,17,19). The number of aliphatic hydroxyl groups is 1. The summed E-state index contributed by atoms with van der Waals surface area (Å²) in [4.78, 5) is 11.1. The third-order valence-electron chi connectivity index (χ3n) is 3.21. The van der Waals surface area contributed by atoms with Crippen LogP contribution in [0.5, 0.6) is 0 Å². The maximum Gasteiger partial charge on any atom is 0.314 e. The smallest absolute Gasteiger partial charge is 0.314 e.